The molecule has 1 fully saturated rings. The van der Waals surface area contributed by atoms with E-state index < -0.39 is 5.60 Å². The minimum Gasteiger partial charge on any atom is -0.474 e. The van der Waals surface area contributed by atoms with Crippen molar-refractivity contribution in [2.45, 2.75) is 103 Å². The molecule has 2 aromatic rings. The standard InChI is InChI=1S/C23H33N3O3S/c1-6-14-7-8-16-17(14)18-19(24-13-25-20(18)30-16)28-15-9-11-23(5,12-10-15)26-21(27)29-22(2,3)4/h13-15H,6-12H2,1-5H3,(H,26,27)/t14-,15?,23?/m0/s1. The number of nitrogens with one attached hydrogen (secondary N) is 1. The van der Waals surface area contributed by atoms with Crippen LogP contribution in [0.15, 0.2) is 6.33 Å². The number of ether oxygens (including phenoxy) is 2. The SMILES string of the molecule is CC[C@H]1CCc2sc3ncnc(OC4CCC(C)(NC(=O)OC(C)(C)C)CC4)c3c21. The van der Waals surface area contributed by atoms with Crippen molar-refractivity contribution >= 4 is 27.6 Å². The maximum absolute atomic E-state index is 12.2. The van der Waals surface area contributed by atoms with Gasteiger partial charge in [-0.2, -0.15) is 0 Å². The molecule has 2 aliphatic carbocycles. The highest BCUT2D eigenvalue weighted by Crippen LogP contribution is 2.47. The number of rotatable bonds is 4. The first-order valence-corrected chi connectivity index (χ1v) is 11.9. The van der Waals surface area contributed by atoms with E-state index in [1.54, 1.807) is 17.7 Å². The summed E-state index contributed by atoms with van der Waals surface area (Å²) in [7, 11) is 0. The van der Waals surface area contributed by atoms with Crippen LogP contribution in [0.1, 0.15) is 89.5 Å². The molecular formula is C23H33N3O3S. The molecule has 2 aliphatic rings. The molecule has 0 bridgehead atoms. The molecule has 4 rings (SSSR count). The topological polar surface area (TPSA) is 73.3 Å². The molecule has 0 spiro atoms. The number of alkyl carbamates (subject to hydrolysis) is 1. The van der Waals surface area contributed by atoms with Crippen LogP contribution in [0, 0.1) is 0 Å². The number of amides is 1. The maximum Gasteiger partial charge on any atom is 0.408 e. The maximum atomic E-state index is 12.2. The van der Waals surface area contributed by atoms with E-state index in [1.807, 2.05) is 20.8 Å². The normalized spacial score (nSPS) is 26.4. The van der Waals surface area contributed by atoms with Crippen LogP contribution in [0.5, 0.6) is 5.88 Å². The van der Waals surface area contributed by atoms with Gasteiger partial charge in [0.15, 0.2) is 0 Å². The second kappa shape index (κ2) is 7.98. The van der Waals surface area contributed by atoms with Gasteiger partial charge in [0, 0.05) is 10.4 Å². The lowest BCUT2D eigenvalue weighted by atomic mass is 9.82. The first kappa shape index (κ1) is 21.3. The molecule has 0 saturated heterocycles. The third kappa shape index (κ3) is 4.41. The zero-order valence-electron chi connectivity index (χ0n) is 18.7. The highest BCUT2D eigenvalue weighted by molar-refractivity contribution is 7.19. The van der Waals surface area contributed by atoms with Crippen LogP contribution in [0.2, 0.25) is 0 Å². The number of thiophene rings is 1. The van der Waals surface area contributed by atoms with Gasteiger partial charge in [0.2, 0.25) is 5.88 Å². The lowest BCUT2D eigenvalue weighted by molar-refractivity contribution is 0.0386. The molecular weight excluding hydrogens is 398 g/mol. The van der Waals surface area contributed by atoms with Gasteiger partial charge in [-0.1, -0.05) is 6.92 Å². The number of nitrogens with zero attached hydrogens (tertiary/aromatic N) is 2. The van der Waals surface area contributed by atoms with E-state index in [1.165, 1.54) is 16.9 Å². The molecule has 7 heteroatoms. The summed E-state index contributed by atoms with van der Waals surface area (Å²) in [5.74, 6) is 1.33. The van der Waals surface area contributed by atoms with Crippen LogP contribution < -0.4 is 10.1 Å². The molecule has 6 nitrogen and oxygen atoms in total. The van der Waals surface area contributed by atoms with Gasteiger partial charge < -0.3 is 14.8 Å². The van der Waals surface area contributed by atoms with Gasteiger partial charge in [-0.15, -0.1) is 11.3 Å². The van der Waals surface area contributed by atoms with E-state index >= 15 is 0 Å². The van der Waals surface area contributed by atoms with Crippen molar-refractivity contribution in [1.29, 1.82) is 0 Å². The van der Waals surface area contributed by atoms with Gasteiger partial charge in [0.1, 0.15) is 22.9 Å². The highest BCUT2D eigenvalue weighted by Gasteiger charge is 2.36. The number of hydrogen-bond donors (Lipinski definition) is 1. The van der Waals surface area contributed by atoms with Crippen LogP contribution in [0.4, 0.5) is 4.79 Å². The van der Waals surface area contributed by atoms with Crippen LogP contribution in [-0.2, 0) is 11.2 Å². The summed E-state index contributed by atoms with van der Waals surface area (Å²) >= 11 is 1.80. The largest absolute Gasteiger partial charge is 0.474 e. The second-order valence-electron chi connectivity index (χ2n) is 9.95. The summed E-state index contributed by atoms with van der Waals surface area (Å²) in [6.45, 7) is 9.99. The van der Waals surface area contributed by atoms with Crippen LogP contribution in [0.25, 0.3) is 10.2 Å². The Balaban J connectivity index is 1.44. The fourth-order valence-corrected chi connectivity index (χ4v) is 5.95. The van der Waals surface area contributed by atoms with Crippen molar-refractivity contribution in [3.8, 4) is 5.88 Å². The first-order valence-electron chi connectivity index (χ1n) is 11.1. The third-order valence-electron chi connectivity index (χ3n) is 6.31. The fraction of sp³-hybridized carbons (Fsp3) is 0.696. The second-order valence-corrected chi connectivity index (χ2v) is 11.0. The van der Waals surface area contributed by atoms with E-state index in [0.717, 1.165) is 54.6 Å². The van der Waals surface area contributed by atoms with E-state index in [0.29, 0.717) is 5.92 Å². The van der Waals surface area contributed by atoms with Gasteiger partial charge in [0.05, 0.1) is 5.39 Å². The summed E-state index contributed by atoms with van der Waals surface area (Å²) in [4.78, 5) is 23.8. The molecule has 30 heavy (non-hydrogen) atoms. The molecule has 1 N–H and O–H groups in total. The zero-order chi connectivity index (χ0) is 21.5. The predicted molar refractivity (Wildman–Crippen MR) is 119 cm³/mol. The third-order valence-corrected chi connectivity index (χ3v) is 7.48. The number of carbonyl (C=O) groups is 1. The summed E-state index contributed by atoms with van der Waals surface area (Å²) in [5.41, 5.74) is 0.677. The molecule has 1 saturated carbocycles. The molecule has 1 amide bonds. The summed E-state index contributed by atoms with van der Waals surface area (Å²) in [6, 6.07) is 0. The molecule has 0 aromatic carbocycles. The Morgan fingerprint density at radius 2 is 2.00 bits per heavy atom. The molecule has 164 valence electrons. The monoisotopic (exact) mass is 431 g/mol. The number of fused-ring (bicyclic) bond motifs is 3. The number of aryl methyl sites for hydroxylation is 1. The Morgan fingerprint density at radius 3 is 2.67 bits per heavy atom. The van der Waals surface area contributed by atoms with Gasteiger partial charge in [0.25, 0.3) is 0 Å². The van der Waals surface area contributed by atoms with E-state index in [9.17, 15) is 4.79 Å². The highest BCUT2D eigenvalue weighted by atomic mass is 32.1. The molecule has 2 heterocycles. The van der Waals surface area contributed by atoms with Gasteiger partial charge >= 0.3 is 6.09 Å². The molecule has 0 radical (unpaired) electrons. The lowest BCUT2D eigenvalue weighted by Gasteiger charge is -2.38. The molecule has 0 unspecified atom stereocenters. The Labute approximate surface area is 182 Å². The Bertz CT molecular complexity index is 926. The van der Waals surface area contributed by atoms with Crippen molar-refractivity contribution in [3.63, 3.8) is 0 Å². The van der Waals surface area contributed by atoms with Crippen LogP contribution in [-0.4, -0.2) is 33.3 Å². The van der Waals surface area contributed by atoms with Gasteiger partial charge in [-0.05, 0) is 84.1 Å². The van der Waals surface area contributed by atoms with Gasteiger partial charge in [-0.3, -0.25) is 0 Å². The van der Waals surface area contributed by atoms with Crippen molar-refractivity contribution in [2.75, 3.05) is 0 Å². The van der Waals surface area contributed by atoms with Crippen molar-refractivity contribution < 1.29 is 14.3 Å². The lowest BCUT2D eigenvalue weighted by Crippen LogP contribution is -2.51. The van der Waals surface area contributed by atoms with Crippen molar-refractivity contribution in [1.82, 2.24) is 15.3 Å². The number of carbonyl (C=O) groups excluding carboxylic acids is 1. The number of hydrogen-bond acceptors (Lipinski definition) is 6. The van der Waals surface area contributed by atoms with E-state index in [4.69, 9.17) is 9.47 Å². The molecule has 2 aromatic heterocycles. The van der Waals surface area contributed by atoms with Gasteiger partial charge in [-0.25, -0.2) is 14.8 Å². The van der Waals surface area contributed by atoms with Crippen molar-refractivity contribution in [3.05, 3.63) is 16.8 Å². The quantitative estimate of drug-likeness (QED) is 0.668. The zero-order valence-corrected chi connectivity index (χ0v) is 19.5. The fourth-order valence-electron chi connectivity index (χ4n) is 4.72. The molecule has 0 aliphatic heterocycles. The van der Waals surface area contributed by atoms with Crippen LogP contribution >= 0.6 is 11.3 Å². The predicted octanol–water partition coefficient (Wildman–Crippen LogP) is 5.74. The minimum absolute atomic E-state index is 0.105. The summed E-state index contributed by atoms with van der Waals surface area (Å²) in [6.07, 6.45) is 8.35. The van der Waals surface area contributed by atoms with E-state index in [-0.39, 0.29) is 17.7 Å². The summed E-state index contributed by atoms with van der Waals surface area (Å²) < 4.78 is 11.9. The Morgan fingerprint density at radius 1 is 1.27 bits per heavy atom. The average molecular weight is 432 g/mol. The summed E-state index contributed by atoms with van der Waals surface area (Å²) in [5, 5.41) is 4.21. The number of aromatic nitrogens is 2. The van der Waals surface area contributed by atoms with E-state index in [2.05, 4.69) is 29.1 Å². The smallest absolute Gasteiger partial charge is 0.408 e. The van der Waals surface area contributed by atoms with Crippen LogP contribution in [0.3, 0.4) is 0 Å². The van der Waals surface area contributed by atoms with Crippen molar-refractivity contribution in [2.24, 2.45) is 0 Å². The molecule has 1 atom stereocenters. The Hall–Kier alpha value is -1.89. The minimum atomic E-state index is -0.490. The Kier molecular flexibility index (Phi) is 5.68. The first-order chi connectivity index (χ1) is 14.2. The average Bonchev–Trinajstić information content (AvgIpc) is 3.21.